The molecule has 3 saturated heterocycles. The minimum absolute atomic E-state index is 0.117. The van der Waals surface area contributed by atoms with Crippen LogP contribution < -0.4 is 5.32 Å². The molecular weight excluding hydrogens is 420 g/mol. The van der Waals surface area contributed by atoms with Gasteiger partial charge in [-0.05, 0) is 34.1 Å². The highest BCUT2D eigenvalue weighted by molar-refractivity contribution is 9.09. The van der Waals surface area contributed by atoms with E-state index in [2.05, 4.69) is 21.2 Å². The number of nitrogens with one attached hydrogen (secondary N) is 1. The van der Waals surface area contributed by atoms with Crippen molar-refractivity contribution in [1.29, 1.82) is 0 Å². The van der Waals surface area contributed by atoms with Gasteiger partial charge in [-0.2, -0.15) is 0 Å². The molecular formula is C18H27BrN2O6. The molecule has 0 aliphatic carbocycles. The predicted octanol–water partition coefficient (Wildman–Crippen LogP) is 0.203. The Labute approximate surface area is 167 Å². The third kappa shape index (κ3) is 2.98. The van der Waals surface area contributed by atoms with E-state index in [1.54, 1.807) is 13.8 Å². The molecule has 2 amide bonds. The molecule has 27 heavy (non-hydrogen) atoms. The van der Waals surface area contributed by atoms with Crippen LogP contribution in [0.2, 0.25) is 0 Å². The van der Waals surface area contributed by atoms with E-state index in [1.165, 1.54) is 4.90 Å². The minimum atomic E-state index is -1.10. The maximum atomic E-state index is 13.3. The van der Waals surface area contributed by atoms with Gasteiger partial charge in [-0.3, -0.25) is 14.4 Å². The Morgan fingerprint density at radius 3 is 2.67 bits per heavy atom. The van der Waals surface area contributed by atoms with Crippen LogP contribution in [0.25, 0.3) is 0 Å². The molecule has 2 N–H and O–H groups in total. The first-order valence-electron chi connectivity index (χ1n) is 9.41. The lowest BCUT2D eigenvalue weighted by Gasteiger charge is -2.36. The van der Waals surface area contributed by atoms with E-state index in [1.807, 2.05) is 13.8 Å². The van der Waals surface area contributed by atoms with E-state index in [0.717, 1.165) is 0 Å². The second-order valence-electron chi connectivity index (χ2n) is 7.86. The summed E-state index contributed by atoms with van der Waals surface area (Å²) in [5.74, 6) is -2.69. The van der Waals surface area contributed by atoms with Crippen molar-refractivity contribution in [3.8, 4) is 0 Å². The van der Waals surface area contributed by atoms with Crippen LogP contribution in [0, 0.1) is 11.8 Å². The highest BCUT2D eigenvalue weighted by Crippen LogP contribution is 2.60. The SMILES string of the molecule is CCOC(=O)[C@H]1[C@@H]2OC3(CC2Br)C(C(=O)NC(C)C)N([C@H](C)CO)C(=O)[C@H]13. The summed E-state index contributed by atoms with van der Waals surface area (Å²) in [5, 5.41) is 12.5. The Balaban J connectivity index is 2.06. The normalized spacial score (nSPS) is 38.3. The number of carbonyl (C=O) groups excluding carboxylic acids is 3. The highest BCUT2D eigenvalue weighted by Gasteiger charge is 2.77. The summed E-state index contributed by atoms with van der Waals surface area (Å²) >= 11 is 3.56. The lowest BCUT2D eigenvalue weighted by Crippen LogP contribution is -2.58. The van der Waals surface area contributed by atoms with E-state index < -0.39 is 41.6 Å². The molecule has 3 aliphatic heterocycles. The first-order chi connectivity index (χ1) is 12.7. The standard InChI is InChI=1S/C18H27BrN2O6/c1-5-26-17(25)11-12-16(24)21(9(4)7-22)14(15(23)20-8(2)3)18(12)6-10(19)13(11)27-18/h8-14,22H,5-7H2,1-4H3,(H,20,23)/t9-,10?,11-,12+,13-,14?,18?/m1/s1. The Morgan fingerprint density at radius 2 is 2.11 bits per heavy atom. The van der Waals surface area contributed by atoms with Crippen LogP contribution >= 0.6 is 15.9 Å². The number of hydrogen-bond donors (Lipinski definition) is 2. The number of halogens is 1. The number of amides is 2. The van der Waals surface area contributed by atoms with Gasteiger partial charge in [0.05, 0.1) is 37.2 Å². The molecule has 0 aromatic rings. The van der Waals surface area contributed by atoms with Crippen LogP contribution in [-0.4, -0.2) is 75.7 Å². The Hall–Kier alpha value is -1.19. The average Bonchev–Trinajstić information content (AvgIpc) is 3.17. The van der Waals surface area contributed by atoms with Crippen LogP contribution in [0.4, 0.5) is 0 Å². The lowest BCUT2D eigenvalue weighted by molar-refractivity contribution is -0.155. The second-order valence-corrected chi connectivity index (χ2v) is 9.03. The molecule has 2 bridgehead atoms. The largest absolute Gasteiger partial charge is 0.466 e. The number of alkyl halides is 1. The summed E-state index contributed by atoms with van der Waals surface area (Å²) in [5.41, 5.74) is -1.10. The number of fused-ring (bicyclic) bond motifs is 1. The molecule has 3 heterocycles. The molecule has 3 fully saturated rings. The van der Waals surface area contributed by atoms with Crippen molar-refractivity contribution in [2.24, 2.45) is 11.8 Å². The maximum absolute atomic E-state index is 13.3. The van der Waals surface area contributed by atoms with Crippen LogP contribution in [0.15, 0.2) is 0 Å². The summed E-state index contributed by atoms with van der Waals surface area (Å²) in [6.07, 6.45) is -0.0756. The molecule has 7 atom stereocenters. The van der Waals surface area contributed by atoms with E-state index in [9.17, 15) is 19.5 Å². The van der Waals surface area contributed by atoms with E-state index >= 15 is 0 Å². The van der Waals surface area contributed by atoms with E-state index in [4.69, 9.17) is 9.47 Å². The number of rotatable bonds is 6. The fourth-order valence-electron chi connectivity index (χ4n) is 4.80. The van der Waals surface area contributed by atoms with E-state index in [0.29, 0.717) is 6.42 Å². The number of ether oxygens (including phenoxy) is 2. The quantitative estimate of drug-likeness (QED) is 0.446. The van der Waals surface area contributed by atoms with Crippen molar-refractivity contribution >= 4 is 33.7 Å². The number of aliphatic hydroxyl groups is 1. The zero-order chi connectivity index (χ0) is 20.1. The molecule has 3 rings (SSSR count). The number of hydrogen-bond acceptors (Lipinski definition) is 6. The number of carbonyl (C=O) groups is 3. The molecule has 0 saturated carbocycles. The van der Waals surface area contributed by atoms with Crippen LogP contribution in [-0.2, 0) is 23.9 Å². The molecule has 152 valence electrons. The molecule has 8 nitrogen and oxygen atoms in total. The van der Waals surface area contributed by atoms with Crippen molar-refractivity contribution < 1.29 is 29.0 Å². The number of aliphatic hydroxyl groups excluding tert-OH is 1. The predicted molar refractivity (Wildman–Crippen MR) is 99.0 cm³/mol. The first kappa shape index (κ1) is 20.5. The third-order valence-corrected chi connectivity index (χ3v) is 6.55. The molecule has 3 aliphatic rings. The van der Waals surface area contributed by atoms with Gasteiger partial charge in [0, 0.05) is 10.9 Å². The monoisotopic (exact) mass is 446 g/mol. The number of esters is 1. The van der Waals surface area contributed by atoms with Crippen LogP contribution in [0.1, 0.15) is 34.1 Å². The molecule has 0 radical (unpaired) electrons. The molecule has 3 unspecified atom stereocenters. The lowest BCUT2D eigenvalue weighted by atomic mass is 9.70. The summed E-state index contributed by atoms with van der Waals surface area (Å²) in [7, 11) is 0. The molecule has 0 aromatic heterocycles. The maximum Gasteiger partial charge on any atom is 0.312 e. The van der Waals surface area contributed by atoms with Gasteiger partial charge in [0.25, 0.3) is 0 Å². The second kappa shape index (κ2) is 7.33. The first-order valence-corrected chi connectivity index (χ1v) is 10.3. The zero-order valence-electron chi connectivity index (χ0n) is 16.0. The van der Waals surface area contributed by atoms with Crippen LogP contribution in [0.3, 0.4) is 0 Å². The van der Waals surface area contributed by atoms with Gasteiger partial charge in [-0.25, -0.2) is 0 Å². The van der Waals surface area contributed by atoms with Gasteiger partial charge in [-0.15, -0.1) is 0 Å². The Kier molecular flexibility index (Phi) is 5.58. The highest BCUT2D eigenvalue weighted by atomic mass is 79.9. The van der Waals surface area contributed by atoms with Crippen molar-refractivity contribution in [3.05, 3.63) is 0 Å². The van der Waals surface area contributed by atoms with Gasteiger partial charge >= 0.3 is 5.97 Å². The fourth-order valence-corrected chi connectivity index (χ4v) is 5.74. The van der Waals surface area contributed by atoms with Gasteiger partial charge in [0.15, 0.2) is 0 Å². The van der Waals surface area contributed by atoms with Gasteiger partial charge < -0.3 is 24.8 Å². The summed E-state index contributed by atoms with van der Waals surface area (Å²) < 4.78 is 11.4. The Bertz CT molecular complexity index is 643. The van der Waals surface area contributed by atoms with Gasteiger partial charge in [-0.1, -0.05) is 15.9 Å². The zero-order valence-corrected chi connectivity index (χ0v) is 17.6. The number of nitrogens with zero attached hydrogens (tertiary/aromatic N) is 1. The average molecular weight is 447 g/mol. The van der Waals surface area contributed by atoms with Gasteiger partial charge in [0.2, 0.25) is 11.8 Å². The number of likely N-dealkylation sites (tertiary alicyclic amines) is 1. The smallest absolute Gasteiger partial charge is 0.312 e. The summed E-state index contributed by atoms with van der Waals surface area (Å²) in [6, 6.07) is -1.59. The van der Waals surface area contributed by atoms with Crippen molar-refractivity contribution in [2.75, 3.05) is 13.2 Å². The topological polar surface area (TPSA) is 105 Å². The van der Waals surface area contributed by atoms with E-state index in [-0.39, 0.29) is 35.9 Å². The van der Waals surface area contributed by atoms with Crippen LogP contribution in [0.5, 0.6) is 0 Å². The van der Waals surface area contributed by atoms with Gasteiger partial charge in [0.1, 0.15) is 11.6 Å². The van der Waals surface area contributed by atoms with Crippen molar-refractivity contribution in [2.45, 2.75) is 68.8 Å². The molecule has 9 heteroatoms. The van der Waals surface area contributed by atoms with Crippen molar-refractivity contribution in [1.82, 2.24) is 10.2 Å². The minimum Gasteiger partial charge on any atom is -0.466 e. The third-order valence-electron chi connectivity index (χ3n) is 5.70. The summed E-state index contributed by atoms with van der Waals surface area (Å²) in [4.78, 5) is 40.3. The molecule has 1 spiro atoms. The fraction of sp³-hybridized carbons (Fsp3) is 0.833. The Morgan fingerprint density at radius 1 is 1.44 bits per heavy atom. The van der Waals surface area contributed by atoms with Crippen molar-refractivity contribution in [3.63, 3.8) is 0 Å². The molecule has 0 aromatic carbocycles. The summed E-state index contributed by atoms with van der Waals surface area (Å²) in [6.45, 7) is 6.99.